The van der Waals surface area contributed by atoms with Gasteiger partial charge < -0.3 is 20.3 Å². The third-order valence-electron chi connectivity index (χ3n) is 7.27. The highest BCUT2D eigenvalue weighted by Crippen LogP contribution is 2.39. The number of ether oxygens (including phenoxy) is 1. The normalized spacial score (nSPS) is 18.6. The van der Waals surface area contributed by atoms with E-state index in [4.69, 9.17) is 4.74 Å². The number of pyridine rings is 1. The third kappa shape index (κ3) is 5.47. The number of aryl methyl sites for hydroxylation is 1. The van der Waals surface area contributed by atoms with Crippen molar-refractivity contribution >= 4 is 23.2 Å². The van der Waals surface area contributed by atoms with Crippen LogP contribution in [0.5, 0.6) is 0 Å². The Morgan fingerprint density at radius 3 is 2.72 bits per heavy atom. The van der Waals surface area contributed by atoms with Crippen LogP contribution >= 0.6 is 0 Å². The quantitative estimate of drug-likeness (QED) is 0.486. The molecule has 2 aliphatic heterocycles. The molecular weight excluding hydrogens is 509 g/mol. The molecule has 2 amide bonds. The molecule has 3 aromatic rings. The molecule has 0 radical (unpaired) electrons. The molecule has 2 unspecified atom stereocenters. The first-order chi connectivity index (χ1) is 18.7. The first kappa shape index (κ1) is 26.7. The third-order valence-corrected chi connectivity index (χ3v) is 7.27. The molecule has 1 aromatic heterocycles. The number of amides is 2. The summed E-state index contributed by atoms with van der Waals surface area (Å²) in [6, 6.07) is 13.5. The molecule has 204 valence electrons. The van der Waals surface area contributed by atoms with Gasteiger partial charge in [-0.15, -0.1) is 0 Å². The minimum Gasteiger partial charge on any atom is -0.377 e. The van der Waals surface area contributed by atoms with Gasteiger partial charge in [-0.3, -0.25) is 14.6 Å². The Morgan fingerprint density at radius 2 is 1.95 bits per heavy atom. The number of benzene rings is 2. The van der Waals surface area contributed by atoms with E-state index < -0.39 is 17.8 Å². The fourth-order valence-corrected chi connectivity index (χ4v) is 5.31. The van der Waals surface area contributed by atoms with Gasteiger partial charge in [0.2, 0.25) is 5.91 Å². The van der Waals surface area contributed by atoms with E-state index in [1.807, 2.05) is 38.1 Å². The summed E-state index contributed by atoms with van der Waals surface area (Å²) >= 11 is 0. The van der Waals surface area contributed by atoms with E-state index in [2.05, 4.69) is 26.6 Å². The van der Waals surface area contributed by atoms with Crippen LogP contribution in [0.15, 0.2) is 54.7 Å². The van der Waals surface area contributed by atoms with Crippen LogP contribution in [0, 0.1) is 12.8 Å². The van der Waals surface area contributed by atoms with Crippen LogP contribution in [0.4, 0.5) is 24.5 Å². The summed E-state index contributed by atoms with van der Waals surface area (Å²) in [7, 11) is 0. The average Bonchev–Trinajstić information content (AvgIpc) is 2.93. The Hall–Kier alpha value is -3.92. The van der Waals surface area contributed by atoms with E-state index in [-0.39, 0.29) is 23.4 Å². The summed E-state index contributed by atoms with van der Waals surface area (Å²) in [5, 5.41) is 5.66. The van der Waals surface area contributed by atoms with Gasteiger partial charge in [-0.05, 0) is 72.9 Å². The molecule has 2 aromatic carbocycles. The maximum atomic E-state index is 13.0. The zero-order valence-electron chi connectivity index (χ0n) is 21.6. The molecule has 2 aliphatic rings. The molecule has 0 saturated carbocycles. The summed E-state index contributed by atoms with van der Waals surface area (Å²) in [4.78, 5) is 31.1. The summed E-state index contributed by atoms with van der Waals surface area (Å²) in [5.41, 5.74) is 4.16. The minimum absolute atomic E-state index is 0.0311. The number of rotatable bonds is 5. The van der Waals surface area contributed by atoms with Crippen LogP contribution in [0.25, 0.3) is 11.1 Å². The first-order valence-corrected chi connectivity index (χ1v) is 12.9. The topological polar surface area (TPSA) is 83.6 Å². The van der Waals surface area contributed by atoms with Crippen LogP contribution in [0.1, 0.15) is 34.1 Å². The van der Waals surface area contributed by atoms with Gasteiger partial charge in [-0.2, -0.15) is 13.2 Å². The van der Waals surface area contributed by atoms with E-state index in [9.17, 15) is 22.8 Å². The van der Waals surface area contributed by atoms with Gasteiger partial charge in [0.1, 0.15) is 5.69 Å². The van der Waals surface area contributed by atoms with Crippen LogP contribution in [0.2, 0.25) is 0 Å². The van der Waals surface area contributed by atoms with Crippen molar-refractivity contribution in [1.29, 1.82) is 0 Å². The second-order valence-electron chi connectivity index (χ2n) is 9.80. The highest BCUT2D eigenvalue weighted by molar-refractivity contribution is 6.04. The van der Waals surface area contributed by atoms with Gasteiger partial charge in [0, 0.05) is 36.2 Å². The Labute approximate surface area is 224 Å². The molecule has 2 N–H and O–H groups in total. The number of aromatic nitrogens is 1. The molecular formula is C29H29F3N4O3. The zero-order valence-corrected chi connectivity index (χ0v) is 21.6. The smallest absolute Gasteiger partial charge is 0.377 e. The number of hydrogen-bond acceptors (Lipinski definition) is 5. The van der Waals surface area contributed by atoms with Gasteiger partial charge in [0.05, 0.1) is 25.2 Å². The van der Waals surface area contributed by atoms with Crippen molar-refractivity contribution in [3.05, 3.63) is 77.1 Å². The lowest BCUT2D eigenvalue weighted by molar-refractivity contribution is -0.141. The Bertz CT molecular complexity index is 1410. The lowest BCUT2D eigenvalue weighted by Gasteiger charge is -2.45. The molecule has 0 bridgehead atoms. The monoisotopic (exact) mass is 538 g/mol. The maximum absolute atomic E-state index is 13.0. The largest absolute Gasteiger partial charge is 0.433 e. The number of nitrogens with zero attached hydrogens (tertiary/aromatic N) is 2. The molecule has 2 atom stereocenters. The van der Waals surface area contributed by atoms with Gasteiger partial charge in [0.25, 0.3) is 5.91 Å². The van der Waals surface area contributed by atoms with Crippen molar-refractivity contribution < 1.29 is 27.5 Å². The highest BCUT2D eigenvalue weighted by Gasteiger charge is 2.40. The lowest BCUT2D eigenvalue weighted by Crippen LogP contribution is -2.56. The van der Waals surface area contributed by atoms with Crippen molar-refractivity contribution in [3.8, 4) is 11.1 Å². The highest BCUT2D eigenvalue weighted by atomic mass is 19.4. The molecule has 10 heteroatoms. The van der Waals surface area contributed by atoms with E-state index in [0.29, 0.717) is 38.4 Å². The molecule has 0 aliphatic carbocycles. The van der Waals surface area contributed by atoms with E-state index in [1.165, 1.54) is 6.07 Å². The van der Waals surface area contributed by atoms with E-state index in [1.54, 1.807) is 6.07 Å². The number of fused-ring (bicyclic) bond motifs is 3. The van der Waals surface area contributed by atoms with Crippen LogP contribution < -0.4 is 15.5 Å². The number of nitrogens with one attached hydrogen (secondary N) is 2. The second-order valence-corrected chi connectivity index (χ2v) is 9.80. The summed E-state index contributed by atoms with van der Waals surface area (Å²) in [6.07, 6.45) is -3.05. The van der Waals surface area contributed by atoms with Gasteiger partial charge in [-0.25, -0.2) is 0 Å². The maximum Gasteiger partial charge on any atom is 0.433 e. The number of halogens is 3. The number of carbonyl (C=O) groups is 2. The fourth-order valence-electron chi connectivity index (χ4n) is 5.31. The summed E-state index contributed by atoms with van der Waals surface area (Å²) in [5.74, 6) is -0.825. The van der Waals surface area contributed by atoms with Crippen LogP contribution in [-0.2, 0) is 22.1 Å². The summed E-state index contributed by atoms with van der Waals surface area (Å²) < 4.78 is 44.8. The Balaban J connectivity index is 1.43. The predicted octanol–water partition coefficient (Wildman–Crippen LogP) is 4.84. The van der Waals surface area contributed by atoms with E-state index >= 15 is 0 Å². The Morgan fingerprint density at radius 1 is 1.13 bits per heavy atom. The summed E-state index contributed by atoms with van der Waals surface area (Å²) in [6.45, 7) is 6.18. The number of anilines is 2. The molecule has 39 heavy (non-hydrogen) atoms. The number of hydrogen-bond donors (Lipinski definition) is 2. The molecule has 5 rings (SSSR count). The minimum atomic E-state index is -4.64. The standard InChI is InChI=1S/C29H29F3N4O3/c1-3-33-28(38)23-12-19-6-5-18(13-24(19)36-10-11-39-16-25(23)36)22-15-21(7-4-17(22)2)35-27(37)20-8-9-34-26(14-20)29(30,31)32/h4-9,13-15,23,25H,3,10-12,16H2,1-2H3,(H,33,38)(H,35,37). The van der Waals surface area contributed by atoms with Crippen molar-refractivity contribution in [1.82, 2.24) is 10.3 Å². The van der Waals surface area contributed by atoms with Crippen molar-refractivity contribution in [2.24, 2.45) is 5.92 Å². The van der Waals surface area contributed by atoms with Crippen molar-refractivity contribution in [2.75, 3.05) is 36.5 Å². The molecule has 1 fully saturated rings. The fraction of sp³-hybridized carbons (Fsp3) is 0.345. The van der Waals surface area contributed by atoms with Gasteiger partial charge >= 0.3 is 6.18 Å². The van der Waals surface area contributed by atoms with Crippen molar-refractivity contribution in [3.63, 3.8) is 0 Å². The van der Waals surface area contributed by atoms with Gasteiger partial charge in [-0.1, -0.05) is 18.2 Å². The SMILES string of the molecule is CCNC(=O)C1Cc2ccc(-c3cc(NC(=O)c4ccnc(C(F)(F)F)c4)ccc3C)cc2N2CCOCC12. The van der Waals surface area contributed by atoms with E-state index in [0.717, 1.165) is 40.2 Å². The molecule has 1 saturated heterocycles. The average molecular weight is 539 g/mol. The zero-order chi connectivity index (χ0) is 27.7. The molecule has 0 spiro atoms. The van der Waals surface area contributed by atoms with Gasteiger partial charge in [0.15, 0.2) is 0 Å². The Kier molecular flexibility index (Phi) is 7.31. The predicted molar refractivity (Wildman–Crippen MR) is 142 cm³/mol. The number of alkyl halides is 3. The van der Waals surface area contributed by atoms with Crippen molar-refractivity contribution in [2.45, 2.75) is 32.5 Å². The first-order valence-electron chi connectivity index (χ1n) is 12.9. The number of morpholine rings is 1. The van der Waals surface area contributed by atoms with Crippen LogP contribution in [-0.4, -0.2) is 49.1 Å². The lowest BCUT2D eigenvalue weighted by atomic mass is 9.83. The number of carbonyl (C=O) groups excluding carboxylic acids is 2. The molecule has 3 heterocycles. The molecule has 7 nitrogen and oxygen atoms in total. The second kappa shape index (κ2) is 10.7. The van der Waals surface area contributed by atoms with Crippen LogP contribution in [0.3, 0.4) is 0 Å².